The van der Waals surface area contributed by atoms with E-state index in [0.29, 0.717) is 30.0 Å². The highest BCUT2D eigenvalue weighted by Gasteiger charge is 2.13. The van der Waals surface area contributed by atoms with Crippen molar-refractivity contribution >= 4 is 24.1 Å². The van der Waals surface area contributed by atoms with Gasteiger partial charge in [0, 0.05) is 11.1 Å². The number of phenolic OH excluding ortho intramolecular Hbond substituents is 3. The Hall–Kier alpha value is -5.28. The van der Waals surface area contributed by atoms with E-state index in [0.717, 1.165) is 5.56 Å². The second kappa shape index (κ2) is 15.6. The fourth-order valence-electron chi connectivity index (χ4n) is 3.40. The van der Waals surface area contributed by atoms with Gasteiger partial charge in [0.15, 0.2) is 24.1 Å². The number of carbonyl (C=O) groups excluding carboxylic acids is 4. The van der Waals surface area contributed by atoms with Gasteiger partial charge in [0.25, 0.3) is 0 Å². The molecule has 4 rings (SSSR count). The van der Waals surface area contributed by atoms with Crippen molar-refractivity contribution in [1.82, 2.24) is 30.0 Å². The van der Waals surface area contributed by atoms with E-state index in [1.165, 1.54) is 30.7 Å². The van der Waals surface area contributed by atoms with Crippen LogP contribution in [0.25, 0.3) is 22.5 Å². The van der Waals surface area contributed by atoms with Gasteiger partial charge in [-0.05, 0) is 56.3 Å². The van der Waals surface area contributed by atoms with E-state index in [1.807, 2.05) is 0 Å². The first-order valence-corrected chi connectivity index (χ1v) is 12.9. The van der Waals surface area contributed by atoms with E-state index in [9.17, 15) is 34.5 Å². The smallest absolute Gasteiger partial charge is 0.223 e. The molecule has 2 aromatic carbocycles. The molecule has 2 atom stereocenters. The van der Waals surface area contributed by atoms with E-state index >= 15 is 0 Å². The zero-order valence-corrected chi connectivity index (χ0v) is 23.3. The van der Waals surface area contributed by atoms with Crippen molar-refractivity contribution in [3.05, 3.63) is 54.9 Å². The first kappa shape index (κ1) is 32.2. The lowest BCUT2D eigenvalue weighted by atomic mass is 10.1. The molecule has 0 aliphatic carbocycles. The first-order valence-electron chi connectivity index (χ1n) is 12.9. The number of aldehydes is 2. The third kappa shape index (κ3) is 9.65. The fraction of sp³-hybridized carbons (Fsp3) is 0.286. The standard InChI is InChI=1S/C14H15N3O5.C14H15N3O4/c1-9(14(21)8-18)22-5-4-17-7-11(15-16-17)10-2-3-12(19)13(20)6-10;1-10(14(20)9-18)21-7-6-17-8-13(15-16-17)11-2-4-12(19)5-3-11/h2-3,6-9,19-20H,4-5H2,1H3;2-5,8-10,19H,6-7H2,1H3. The molecule has 0 radical (unpaired) electrons. The van der Waals surface area contributed by atoms with Crippen LogP contribution in [0, 0.1) is 0 Å². The van der Waals surface area contributed by atoms with Gasteiger partial charge in [-0.2, -0.15) is 0 Å². The van der Waals surface area contributed by atoms with Crippen molar-refractivity contribution in [2.75, 3.05) is 13.2 Å². The molecule has 0 bridgehead atoms. The number of ether oxygens (including phenoxy) is 2. The van der Waals surface area contributed by atoms with E-state index < -0.39 is 23.8 Å². The normalized spacial score (nSPS) is 12.0. The number of ketones is 2. The summed E-state index contributed by atoms with van der Waals surface area (Å²) >= 11 is 0. The van der Waals surface area contributed by atoms with Crippen LogP contribution in [-0.2, 0) is 41.7 Å². The lowest BCUT2D eigenvalue weighted by Gasteiger charge is -2.08. The first-order chi connectivity index (χ1) is 20.6. The van der Waals surface area contributed by atoms with Crippen molar-refractivity contribution in [2.24, 2.45) is 0 Å². The number of aromatic nitrogens is 6. The van der Waals surface area contributed by atoms with Crippen LogP contribution in [0.1, 0.15) is 13.8 Å². The van der Waals surface area contributed by atoms with Gasteiger partial charge in [0.05, 0.1) is 38.7 Å². The van der Waals surface area contributed by atoms with E-state index in [2.05, 4.69) is 20.6 Å². The highest BCUT2D eigenvalue weighted by molar-refractivity contribution is 6.27. The molecular formula is C28H30N6O9. The summed E-state index contributed by atoms with van der Waals surface area (Å²) < 4.78 is 13.5. The Balaban J connectivity index is 0.000000236. The third-order valence-electron chi connectivity index (χ3n) is 5.92. The van der Waals surface area contributed by atoms with Gasteiger partial charge in [0.2, 0.25) is 11.6 Å². The summed E-state index contributed by atoms with van der Waals surface area (Å²) in [6.45, 7) is 4.25. The number of carbonyl (C=O) groups is 4. The van der Waals surface area contributed by atoms with Crippen LogP contribution in [0.5, 0.6) is 17.2 Å². The number of hydrogen-bond donors (Lipinski definition) is 3. The van der Waals surface area contributed by atoms with E-state index in [-0.39, 0.29) is 43.0 Å². The van der Waals surface area contributed by atoms with Gasteiger partial charge >= 0.3 is 0 Å². The summed E-state index contributed by atoms with van der Waals surface area (Å²) in [5.41, 5.74) is 2.63. The van der Waals surface area contributed by atoms with Crippen LogP contribution in [-0.4, -0.2) is 94.9 Å². The number of rotatable bonds is 14. The quantitative estimate of drug-likeness (QED) is 0.107. The Bertz CT molecular complexity index is 1530. The predicted octanol–water partition coefficient (Wildman–Crippen LogP) is 1.35. The van der Waals surface area contributed by atoms with Gasteiger partial charge in [0.1, 0.15) is 29.3 Å². The Morgan fingerprint density at radius 1 is 0.744 bits per heavy atom. The number of phenols is 3. The lowest BCUT2D eigenvalue weighted by Crippen LogP contribution is -2.23. The SMILES string of the molecule is CC(OCCn1cc(-c2ccc(O)c(O)c2)nn1)C(=O)C=O.CC(OCCn1cc(-c2ccc(O)cc2)nn1)C(=O)C=O. The van der Waals surface area contributed by atoms with Crippen molar-refractivity contribution < 1.29 is 44.0 Å². The Labute approximate surface area is 245 Å². The largest absolute Gasteiger partial charge is 0.508 e. The molecule has 2 unspecified atom stereocenters. The van der Waals surface area contributed by atoms with Gasteiger partial charge in [-0.15, -0.1) is 10.2 Å². The number of benzene rings is 2. The number of Topliss-reactive ketones (excluding diaryl/α,β-unsaturated/α-hetero) is 2. The molecule has 2 heterocycles. The minimum Gasteiger partial charge on any atom is -0.508 e. The van der Waals surface area contributed by atoms with Gasteiger partial charge < -0.3 is 24.8 Å². The van der Waals surface area contributed by atoms with Crippen LogP contribution in [0.2, 0.25) is 0 Å². The summed E-state index contributed by atoms with van der Waals surface area (Å²) in [5.74, 6) is -1.46. The van der Waals surface area contributed by atoms with Crippen molar-refractivity contribution in [3.8, 4) is 39.8 Å². The van der Waals surface area contributed by atoms with Crippen molar-refractivity contribution in [2.45, 2.75) is 39.1 Å². The molecule has 15 nitrogen and oxygen atoms in total. The van der Waals surface area contributed by atoms with Crippen LogP contribution in [0.4, 0.5) is 0 Å². The molecule has 0 amide bonds. The second-order valence-electron chi connectivity index (χ2n) is 9.05. The minimum absolute atomic E-state index is 0.188. The minimum atomic E-state index is -0.783. The molecule has 0 aliphatic heterocycles. The molecule has 43 heavy (non-hydrogen) atoms. The zero-order valence-electron chi connectivity index (χ0n) is 23.3. The third-order valence-corrected chi connectivity index (χ3v) is 5.92. The molecule has 15 heteroatoms. The molecule has 0 saturated heterocycles. The molecule has 0 fully saturated rings. The number of aromatic hydroxyl groups is 3. The van der Waals surface area contributed by atoms with Crippen LogP contribution in [0.3, 0.4) is 0 Å². The zero-order chi connectivity index (χ0) is 31.4. The molecule has 4 aromatic rings. The molecule has 3 N–H and O–H groups in total. The Morgan fingerprint density at radius 2 is 1.21 bits per heavy atom. The van der Waals surface area contributed by atoms with Crippen LogP contribution >= 0.6 is 0 Å². The Morgan fingerprint density at radius 3 is 1.67 bits per heavy atom. The van der Waals surface area contributed by atoms with Crippen molar-refractivity contribution in [3.63, 3.8) is 0 Å². The molecule has 2 aromatic heterocycles. The summed E-state index contributed by atoms with van der Waals surface area (Å²) in [6.07, 6.45) is 2.33. The average molecular weight is 595 g/mol. The predicted molar refractivity (Wildman–Crippen MR) is 149 cm³/mol. The van der Waals surface area contributed by atoms with Crippen molar-refractivity contribution in [1.29, 1.82) is 0 Å². The molecule has 226 valence electrons. The topological polar surface area (TPSA) is 209 Å². The van der Waals surface area contributed by atoms with Crippen LogP contribution < -0.4 is 0 Å². The molecule has 0 spiro atoms. The summed E-state index contributed by atoms with van der Waals surface area (Å²) in [6, 6.07) is 11.0. The molecule has 0 aliphatic rings. The lowest BCUT2D eigenvalue weighted by molar-refractivity contribution is -0.137. The molecular weight excluding hydrogens is 564 g/mol. The number of nitrogens with zero attached hydrogens (tertiary/aromatic N) is 6. The average Bonchev–Trinajstić information content (AvgIpc) is 3.68. The molecule has 0 saturated carbocycles. The van der Waals surface area contributed by atoms with Gasteiger partial charge in [-0.1, -0.05) is 10.4 Å². The number of hydrogen-bond acceptors (Lipinski definition) is 13. The highest BCUT2D eigenvalue weighted by atomic mass is 16.5. The Kier molecular flexibility index (Phi) is 11.7. The summed E-state index contributed by atoms with van der Waals surface area (Å²) in [5, 5.41) is 43.8. The van der Waals surface area contributed by atoms with Gasteiger partial charge in [-0.25, -0.2) is 9.36 Å². The monoisotopic (exact) mass is 594 g/mol. The highest BCUT2D eigenvalue weighted by Crippen LogP contribution is 2.29. The maximum atomic E-state index is 11.0. The summed E-state index contributed by atoms with van der Waals surface area (Å²) in [4.78, 5) is 42.6. The van der Waals surface area contributed by atoms with Gasteiger partial charge in [-0.3, -0.25) is 19.2 Å². The summed E-state index contributed by atoms with van der Waals surface area (Å²) in [7, 11) is 0. The maximum Gasteiger partial charge on any atom is 0.223 e. The van der Waals surface area contributed by atoms with E-state index in [1.54, 1.807) is 47.4 Å². The van der Waals surface area contributed by atoms with Crippen LogP contribution in [0.15, 0.2) is 54.9 Å². The second-order valence-corrected chi connectivity index (χ2v) is 9.05. The van der Waals surface area contributed by atoms with E-state index in [4.69, 9.17) is 9.47 Å². The maximum absolute atomic E-state index is 11.0. The fourth-order valence-corrected chi connectivity index (χ4v) is 3.40.